The lowest BCUT2D eigenvalue weighted by molar-refractivity contribution is 0.199. The van der Waals surface area contributed by atoms with Gasteiger partial charge in [-0.2, -0.15) is 0 Å². The first kappa shape index (κ1) is 14.0. The summed E-state index contributed by atoms with van der Waals surface area (Å²) in [5.74, 6) is 1.68. The number of rotatable bonds is 8. The van der Waals surface area contributed by atoms with Gasteiger partial charge in [-0.1, -0.05) is 11.8 Å². The second kappa shape index (κ2) is 7.93. The highest BCUT2D eigenvalue weighted by Gasteiger charge is 2.01. The van der Waals surface area contributed by atoms with Crippen LogP contribution in [0.5, 0.6) is 0 Å². The van der Waals surface area contributed by atoms with Crippen molar-refractivity contribution in [2.45, 2.75) is 17.5 Å². The molecule has 0 bridgehead atoms. The normalized spacial score (nSPS) is 10.8. The molecule has 0 unspecified atom stereocenters. The van der Waals surface area contributed by atoms with E-state index in [4.69, 9.17) is 9.15 Å². The van der Waals surface area contributed by atoms with Crippen molar-refractivity contribution < 1.29 is 9.15 Å². The molecule has 0 saturated heterocycles. The fourth-order valence-corrected chi connectivity index (χ4v) is 2.14. The summed E-state index contributed by atoms with van der Waals surface area (Å²) in [6.45, 7) is 2.29. The Kier molecular flexibility index (Phi) is 5.87. The van der Waals surface area contributed by atoms with Gasteiger partial charge in [0.2, 0.25) is 0 Å². The topological polar surface area (TPSA) is 60.2 Å². The first-order valence-corrected chi connectivity index (χ1v) is 7.03. The van der Waals surface area contributed by atoms with Crippen LogP contribution in [0.15, 0.2) is 40.4 Å². The summed E-state index contributed by atoms with van der Waals surface area (Å²) in [7, 11) is 1.69. The van der Waals surface area contributed by atoms with Crippen LogP contribution in [0.3, 0.4) is 0 Å². The Bertz CT molecular complexity index is 459. The van der Waals surface area contributed by atoms with E-state index in [2.05, 4.69) is 15.3 Å². The summed E-state index contributed by atoms with van der Waals surface area (Å²) in [5, 5.41) is 4.01. The van der Waals surface area contributed by atoms with E-state index in [-0.39, 0.29) is 0 Å². The third-order valence-electron chi connectivity index (χ3n) is 2.42. The molecule has 0 saturated carbocycles. The molecule has 2 rings (SSSR count). The number of hydrogen-bond acceptors (Lipinski definition) is 6. The molecule has 0 spiro atoms. The van der Waals surface area contributed by atoms with Crippen molar-refractivity contribution in [3.63, 3.8) is 0 Å². The lowest BCUT2D eigenvalue weighted by Crippen LogP contribution is -2.18. The van der Waals surface area contributed by atoms with Gasteiger partial charge in [-0.25, -0.2) is 9.97 Å². The van der Waals surface area contributed by atoms with Gasteiger partial charge in [0.05, 0.1) is 18.6 Å². The molecule has 6 heteroatoms. The van der Waals surface area contributed by atoms with Gasteiger partial charge in [0.25, 0.3) is 0 Å². The van der Waals surface area contributed by atoms with Crippen LogP contribution in [0, 0.1) is 0 Å². The lowest BCUT2D eigenvalue weighted by atomic mass is 10.3. The van der Waals surface area contributed by atoms with E-state index in [0.717, 1.165) is 35.3 Å². The number of nitrogens with zero attached hydrogens (tertiary/aromatic N) is 2. The van der Waals surface area contributed by atoms with Gasteiger partial charge in [0, 0.05) is 38.2 Å². The smallest absolute Gasteiger partial charge is 0.187 e. The minimum atomic E-state index is 0.706. The Hall–Kier alpha value is -1.37. The zero-order valence-corrected chi connectivity index (χ0v) is 11.7. The van der Waals surface area contributed by atoms with Crippen molar-refractivity contribution in [1.82, 2.24) is 15.3 Å². The molecule has 0 radical (unpaired) electrons. The molecule has 2 heterocycles. The molecule has 19 heavy (non-hydrogen) atoms. The Labute approximate surface area is 116 Å². The third kappa shape index (κ3) is 5.02. The van der Waals surface area contributed by atoms with E-state index in [0.29, 0.717) is 6.61 Å². The van der Waals surface area contributed by atoms with Crippen LogP contribution in [0.25, 0.3) is 0 Å². The number of nitrogens with one attached hydrogen (secondary N) is 1. The predicted octanol–water partition coefficient (Wildman–Crippen LogP) is 2.10. The van der Waals surface area contributed by atoms with Gasteiger partial charge in [0.15, 0.2) is 5.16 Å². The maximum absolute atomic E-state index is 5.26. The van der Waals surface area contributed by atoms with E-state index < -0.39 is 0 Å². The maximum Gasteiger partial charge on any atom is 0.187 e. The molecule has 2 aromatic rings. The molecule has 0 aliphatic rings. The minimum absolute atomic E-state index is 0.706. The lowest BCUT2D eigenvalue weighted by Gasteiger charge is -2.04. The number of furan rings is 1. The zero-order chi connectivity index (χ0) is 13.3. The molecular weight excluding hydrogens is 262 g/mol. The fraction of sp³-hybridized carbons (Fsp3) is 0.385. The number of ether oxygens (including phenoxy) is 1. The van der Waals surface area contributed by atoms with Crippen LogP contribution in [-0.4, -0.2) is 30.2 Å². The van der Waals surface area contributed by atoms with E-state index in [1.807, 2.05) is 24.5 Å². The molecule has 0 aliphatic heterocycles. The summed E-state index contributed by atoms with van der Waals surface area (Å²) in [4.78, 5) is 8.63. The van der Waals surface area contributed by atoms with Gasteiger partial charge >= 0.3 is 0 Å². The molecule has 2 aromatic heterocycles. The third-order valence-corrected chi connectivity index (χ3v) is 3.32. The van der Waals surface area contributed by atoms with Gasteiger partial charge < -0.3 is 14.5 Å². The quantitative estimate of drug-likeness (QED) is 0.453. The first-order chi connectivity index (χ1) is 9.38. The first-order valence-electron chi connectivity index (χ1n) is 6.04. The van der Waals surface area contributed by atoms with E-state index >= 15 is 0 Å². The van der Waals surface area contributed by atoms with Gasteiger partial charge in [0.1, 0.15) is 5.76 Å². The Morgan fingerprint density at radius 2 is 2.21 bits per heavy atom. The van der Waals surface area contributed by atoms with E-state index in [1.165, 1.54) is 0 Å². The molecule has 0 amide bonds. The number of hydrogen-bond donors (Lipinski definition) is 1. The molecule has 0 aliphatic carbocycles. The highest BCUT2D eigenvalue weighted by atomic mass is 32.2. The molecule has 0 fully saturated rings. The molecule has 5 nitrogen and oxygen atoms in total. The van der Waals surface area contributed by atoms with Crippen molar-refractivity contribution >= 4 is 11.8 Å². The van der Waals surface area contributed by atoms with Crippen molar-refractivity contribution in [1.29, 1.82) is 0 Å². The van der Waals surface area contributed by atoms with Crippen molar-refractivity contribution in [2.24, 2.45) is 0 Å². The highest BCUT2D eigenvalue weighted by molar-refractivity contribution is 7.98. The number of aromatic nitrogens is 2. The molecule has 0 aromatic carbocycles. The summed E-state index contributed by atoms with van der Waals surface area (Å²) < 4.78 is 10.2. The molecule has 1 N–H and O–H groups in total. The second-order valence-corrected chi connectivity index (χ2v) is 4.85. The van der Waals surface area contributed by atoms with Crippen LogP contribution in [0.2, 0.25) is 0 Å². The van der Waals surface area contributed by atoms with Crippen LogP contribution < -0.4 is 5.32 Å². The fourth-order valence-electron chi connectivity index (χ4n) is 1.45. The predicted molar refractivity (Wildman–Crippen MR) is 73.9 cm³/mol. The monoisotopic (exact) mass is 279 g/mol. The van der Waals surface area contributed by atoms with Crippen LogP contribution in [-0.2, 0) is 17.0 Å². The van der Waals surface area contributed by atoms with Gasteiger partial charge in [-0.3, -0.25) is 0 Å². The zero-order valence-electron chi connectivity index (χ0n) is 10.8. The van der Waals surface area contributed by atoms with Crippen LogP contribution >= 0.6 is 11.8 Å². The summed E-state index contributed by atoms with van der Waals surface area (Å²) in [6, 6.07) is 3.83. The average Bonchev–Trinajstić information content (AvgIpc) is 2.96. The summed E-state index contributed by atoms with van der Waals surface area (Å²) in [5.41, 5.74) is 1.07. The Morgan fingerprint density at radius 3 is 2.89 bits per heavy atom. The van der Waals surface area contributed by atoms with Crippen molar-refractivity contribution in [3.05, 3.63) is 42.1 Å². The number of thioether (sulfide) groups is 1. The largest absolute Gasteiger partial charge is 0.468 e. The summed E-state index contributed by atoms with van der Waals surface area (Å²) in [6.07, 6.45) is 5.36. The average molecular weight is 279 g/mol. The van der Waals surface area contributed by atoms with E-state index in [9.17, 15) is 0 Å². The van der Waals surface area contributed by atoms with Crippen LogP contribution in [0.1, 0.15) is 11.3 Å². The number of methoxy groups -OCH3 is 1. The summed E-state index contributed by atoms with van der Waals surface area (Å²) >= 11 is 1.56. The van der Waals surface area contributed by atoms with Crippen molar-refractivity contribution in [2.75, 3.05) is 20.3 Å². The van der Waals surface area contributed by atoms with Crippen molar-refractivity contribution in [3.8, 4) is 0 Å². The van der Waals surface area contributed by atoms with E-state index in [1.54, 1.807) is 25.1 Å². The van der Waals surface area contributed by atoms with Crippen LogP contribution in [0.4, 0.5) is 0 Å². The van der Waals surface area contributed by atoms with Gasteiger partial charge in [-0.05, 0) is 12.1 Å². The molecular formula is C13H17N3O2S. The Morgan fingerprint density at radius 1 is 1.37 bits per heavy atom. The SMILES string of the molecule is COCCNCc1cnc(SCc2ccco2)nc1. The maximum atomic E-state index is 5.26. The second-order valence-electron chi connectivity index (χ2n) is 3.91. The highest BCUT2D eigenvalue weighted by Crippen LogP contribution is 2.18. The molecule has 0 atom stereocenters. The standard InChI is InChI=1S/C13H17N3O2S/c1-17-6-4-14-7-11-8-15-13(16-9-11)19-10-12-3-2-5-18-12/h2-3,5,8-9,14H,4,6-7,10H2,1H3. The van der Waals surface area contributed by atoms with Gasteiger partial charge in [-0.15, -0.1) is 0 Å². The molecule has 102 valence electrons. The Balaban J connectivity index is 1.74. The minimum Gasteiger partial charge on any atom is -0.468 e.